The summed E-state index contributed by atoms with van der Waals surface area (Å²) in [5, 5.41) is 4.01. The van der Waals surface area contributed by atoms with Crippen LogP contribution in [0.25, 0.3) is 0 Å². The minimum atomic E-state index is 0.411. The smallest absolute Gasteiger partial charge is 0.0548 e. The molecular weight excluding hydrogens is 249 g/mol. The van der Waals surface area contributed by atoms with Gasteiger partial charge in [-0.15, -0.1) is 0 Å². The van der Waals surface area contributed by atoms with Crippen molar-refractivity contribution in [2.24, 2.45) is 0 Å². The van der Waals surface area contributed by atoms with E-state index in [-0.39, 0.29) is 0 Å². The van der Waals surface area contributed by atoms with Crippen LogP contribution in [0, 0.1) is 0 Å². The fraction of sp³-hybridized carbons (Fsp3) is 0.400. The molecule has 1 unspecified atom stereocenters. The molecule has 0 radical (unpaired) electrons. The summed E-state index contributed by atoms with van der Waals surface area (Å²) >= 11 is 9.32. The van der Waals surface area contributed by atoms with Gasteiger partial charge in [-0.05, 0) is 47.1 Å². The Morgan fingerprint density at radius 3 is 2.69 bits per heavy atom. The number of nitrogens with one attached hydrogen (secondary N) is 1. The summed E-state index contributed by atoms with van der Waals surface area (Å²) in [5.74, 6) is 0. The molecule has 0 heterocycles. The first-order chi connectivity index (χ1) is 6.19. The van der Waals surface area contributed by atoms with E-state index in [1.807, 2.05) is 13.1 Å². The normalized spacial score (nSPS) is 12.9. The van der Waals surface area contributed by atoms with Crippen LogP contribution in [0.2, 0.25) is 5.02 Å². The molecule has 0 aliphatic rings. The Hall–Kier alpha value is -0.0500. The van der Waals surface area contributed by atoms with Crippen molar-refractivity contribution in [3.8, 4) is 0 Å². The Morgan fingerprint density at radius 1 is 1.54 bits per heavy atom. The largest absolute Gasteiger partial charge is 0.313 e. The van der Waals surface area contributed by atoms with Crippen LogP contribution in [0.3, 0.4) is 0 Å². The van der Waals surface area contributed by atoms with Gasteiger partial charge in [0.05, 0.1) is 5.02 Å². The molecule has 13 heavy (non-hydrogen) atoms. The molecular formula is C10H13BrClN. The Bertz CT molecular complexity index is 284. The maximum Gasteiger partial charge on any atom is 0.0548 e. The van der Waals surface area contributed by atoms with E-state index in [4.69, 9.17) is 11.6 Å². The van der Waals surface area contributed by atoms with Gasteiger partial charge in [0, 0.05) is 10.5 Å². The van der Waals surface area contributed by atoms with Crippen LogP contribution in [0.4, 0.5) is 0 Å². The topological polar surface area (TPSA) is 12.0 Å². The third-order valence-corrected chi connectivity index (χ3v) is 3.32. The monoisotopic (exact) mass is 261 g/mol. The van der Waals surface area contributed by atoms with E-state index in [0.717, 1.165) is 15.9 Å². The van der Waals surface area contributed by atoms with Gasteiger partial charge in [0.15, 0.2) is 0 Å². The summed E-state index contributed by atoms with van der Waals surface area (Å²) in [5.41, 5.74) is 1.27. The number of hydrogen-bond donors (Lipinski definition) is 1. The second-order valence-corrected chi connectivity index (χ2v) is 4.18. The van der Waals surface area contributed by atoms with E-state index in [1.54, 1.807) is 0 Å². The standard InChI is InChI=1S/C10H13BrClN/c1-3-10(13-2)7-4-5-9(12)8(11)6-7/h4-6,10,13H,3H2,1-2H3. The van der Waals surface area contributed by atoms with Gasteiger partial charge in [-0.3, -0.25) is 0 Å². The lowest BCUT2D eigenvalue weighted by molar-refractivity contribution is 0.577. The first-order valence-electron chi connectivity index (χ1n) is 4.31. The minimum absolute atomic E-state index is 0.411. The second kappa shape index (κ2) is 4.99. The van der Waals surface area contributed by atoms with Crippen molar-refractivity contribution in [2.45, 2.75) is 19.4 Å². The van der Waals surface area contributed by atoms with Crippen molar-refractivity contribution in [1.29, 1.82) is 0 Å². The van der Waals surface area contributed by atoms with E-state index < -0.39 is 0 Å². The Morgan fingerprint density at radius 2 is 2.23 bits per heavy atom. The highest BCUT2D eigenvalue weighted by Gasteiger charge is 2.07. The number of rotatable bonds is 3. The molecule has 0 amide bonds. The SMILES string of the molecule is CCC(NC)c1ccc(Cl)c(Br)c1. The van der Waals surface area contributed by atoms with Gasteiger partial charge in [-0.25, -0.2) is 0 Å². The van der Waals surface area contributed by atoms with Crippen LogP contribution in [-0.4, -0.2) is 7.05 Å². The maximum atomic E-state index is 5.90. The van der Waals surface area contributed by atoms with E-state index in [0.29, 0.717) is 6.04 Å². The molecule has 1 nitrogen and oxygen atoms in total. The molecule has 0 saturated heterocycles. The Labute approximate surface area is 92.6 Å². The van der Waals surface area contributed by atoms with Crippen molar-refractivity contribution < 1.29 is 0 Å². The summed E-state index contributed by atoms with van der Waals surface area (Å²) in [6.07, 6.45) is 1.07. The first-order valence-corrected chi connectivity index (χ1v) is 5.48. The molecule has 0 spiro atoms. The molecule has 0 saturated carbocycles. The zero-order valence-electron chi connectivity index (χ0n) is 7.77. The van der Waals surface area contributed by atoms with Gasteiger partial charge < -0.3 is 5.32 Å². The summed E-state index contributed by atoms with van der Waals surface area (Å²) in [4.78, 5) is 0. The Balaban J connectivity index is 2.95. The third-order valence-electron chi connectivity index (χ3n) is 2.10. The molecule has 3 heteroatoms. The highest BCUT2D eigenvalue weighted by molar-refractivity contribution is 9.10. The summed E-state index contributed by atoms with van der Waals surface area (Å²) in [7, 11) is 1.97. The molecule has 0 bridgehead atoms. The van der Waals surface area contributed by atoms with Crippen molar-refractivity contribution in [3.05, 3.63) is 33.3 Å². The van der Waals surface area contributed by atoms with E-state index in [1.165, 1.54) is 5.56 Å². The summed E-state index contributed by atoms with van der Waals surface area (Å²) < 4.78 is 0.959. The van der Waals surface area contributed by atoms with Gasteiger partial charge in [0.1, 0.15) is 0 Å². The van der Waals surface area contributed by atoms with Crippen LogP contribution in [0.1, 0.15) is 24.9 Å². The molecule has 1 N–H and O–H groups in total. The molecule has 1 rings (SSSR count). The second-order valence-electron chi connectivity index (χ2n) is 2.92. The van der Waals surface area contributed by atoms with Gasteiger partial charge >= 0.3 is 0 Å². The van der Waals surface area contributed by atoms with Crippen LogP contribution in [0.5, 0.6) is 0 Å². The zero-order chi connectivity index (χ0) is 9.84. The van der Waals surface area contributed by atoms with Crippen LogP contribution >= 0.6 is 27.5 Å². The minimum Gasteiger partial charge on any atom is -0.313 e. The highest BCUT2D eigenvalue weighted by Crippen LogP contribution is 2.26. The van der Waals surface area contributed by atoms with E-state index in [9.17, 15) is 0 Å². The van der Waals surface area contributed by atoms with E-state index >= 15 is 0 Å². The van der Waals surface area contributed by atoms with Crippen molar-refractivity contribution in [2.75, 3.05) is 7.05 Å². The molecule has 0 fully saturated rings. The maximum absolute atomic E-state index is 5.90. The predicted octanol–water partition coefficient (Wildman–Crippen LogP) is 3.77. The lowest BCUT2D eigenvalue weighted by Gasteiger charge is -2.14. The predicted molar refractivity (Wildman–Crippen MR) is 61.2 cm³/mol. The van der Waals surface area contributed by atoms with Crippen molar-refractivity contribution >= 4 is 27.5 Å². The van der Waals surface area contributed by atoms with Gasteiger partial charge in [0.2, 0.25) is 0 Å². The molecule has 1 aromatic carbocycles. The first kappa shape index (κ1) is 11.0. The third kappa shape index (κ3) is 2.70. The Kier molecular flexibility index (Phi) is 4.23. The zero-order valence-corrected chi connectivity index (χ0v) is 10.1. The molecule has 0 aliphatic heterocycles. The fourth-order valence-electron chi connectivity index (χ4n) is 1.34. The van der Waals surface area contributed by atoms with Gasteiger partial charge in [0.25, 0.3) is 0 Å². The quantitative estimate of drug-likeness (QED) is 0.874. The molecule has 0 aromatic heterocycles. The van der Waals surface area contributed by atoms with E-state index in [2.05, 4.69) is 40.3 Å². The van der Waals surface area contributed by atoms with Crippen LogP contribution in [0.15, 0.2) is 22.7 Å². The summed E-state index contributed by atoms with van der Waals surface area (Å²) in [6.45, 7) is 2.16. The average molecular weight is 263 g/mol. The lowest BCUT2D eigenvalue weighted by atomic mass is 10.1. The van der Waals surface area contributed by atoms with Crippen LogP contribution in [-0.2, 0) is 0 Å². The highest BCUT2D eigenvalue weighted by atomic mass is 79.9. The number of halogens is 2. The van der Waals surface area contributed by atoms with Crippen molar-refractivity contribution in [3.63, 3.8) is 0 Å². The number of benzene rings is 1. The molecule has 0 aliphatic carbocycles. The summed E-state index contributed by atoms with van der Waals surface area (Å²) in [6, 6.07) is 6.44. The number of hydrogen-bond acceptors (Lipinski definition) is 1. The van der Waals surface area contributed by atoms with Gasteiger partial charge in [-0.2, -0.15) is 0 Å². The average Bonchev–Trinajstić information content (AvgIpc) is 2.13. The van der Waals surface area contributed by atoms with Crippen LogP contribution < -0.4 is 5.32 Å². The lowest BCUT2D eigenvalue weighted by Crippen LogP contribution is -2.14. The fourth-order valence-corrected chi connectivity index (χ4v) is 1.85. The molecule has 72 valence electrons. The molecule has 1 aromatic rings. The van der Waals surface area contributed by atoms with Crippen molar-refractivity contribution in [1.82, 2.24) is 5.32 Å². The molecule has 1 atom stereocenters. The van der Waals surface area contributed by atoms with Gasteiger partial charge in [-0.1, -0.05) is 24.6 Å².